The van der Waals surface area contributed by atoms with Crippen molar-refractivity contribution in [2.45, 2.75) is 33.0 Å². The van der Waals surface area contributed by atoms with E-state index in [2.05, 4.69) is 0 Å². The number of carboxylic acid groups (broad SMARTS) is 1. The van der Waals surface area contributed by atoms with Crippen molar-refractivity contribution in [1.82, 2.24) is 4.90 Å². The molecule has 0 aliphatic carbocycles. The number of fused-ring (bicyclic) bond motifs is 1. The van der Waals surface area contributed by atoms with E-state index in [1.54, 1.807) is 23.1 Å². The smallest absolute Gasteiger partial charge is 0.335 e. The van der Waals surface area contributed by atoms with Gasteiger partial charge in [0.1, 0.15) is 0 Å². The molecule has 0 aromatic heterocycles. The Kier molecular flexibility index (Phi) is 3.57. The van der Waals surface area contributed by atoms with Crippen LogP contribution in [0.15, 0.2) is 18.2 Å². The summed E-state index contributed by atoms with van der Waals surface area (Å²) in [5, 5.41) is 8.95. The third-order valence-electron chi connectivity index (χ3n) is 3.49. The maximum atomic E-state index is 12.2. The predicted octanol–water partition coefficient (Wildman–Crippen LogP) is 1.21. The second-order valence-electron chi connectivity index (χ2n) is 5.25. The van der Waals surface area contributed by atoms with Crippen molar-refractivity contribution < 1.29 is 14.7 Å². The fraction of sp³-hybridized carbons (Fsp3) is 0.429. The van der Waals surface area contributed by atoms with Gasteiger partial charge in [-0.1, -0.05) is 19.9 Å². The molecule has 2 rings (SSSR count). The molecule has 1 aromatic carbocycles. The molecular formula is C14H18N2O3. The van der Waals surface area contributed by atoms with Crippen LogP contribution in [0.4, 0.5) is 0 Å². The van der Waals surface area contributed by atoms with Gasteiger partial charge in [-0.3, -0.25) is 4.79 Å². The highest BCUT2D eigenvalue weighted by Gasteiger charge is 2.28. The molecule has 0 radical (unpaired) electrons. The lowest BCUT2D eigenvalue weighted by Gasteiger charge is -2.22. The number of carbonyl (C=O) groups excluding carboxylic acids is 1. The van der Waals surface area contributed by atoms with E-state index in [1.807, 2.05) is 13.8 Å². The summed E-state index contributed by atoms with van der Waals surface area (Å²) in [6, 6.07) is 4.46. The average Bonchev–Trinajstić information content (AvgIpc) is 2.79. The minimum Gasteiger partial charge on any atom is -0.478 e. The number of nitrogens with zero attached hydrogens (tertiary/aromatic N) is 1. The molecule has 1 aliphatic rings. The molecule has 1 heterocycles. The molecule has 1 aliphatic heterocycles. The Morgan fingerprint density at radius 3 is 2.47 bits per heavy atom. The van der Waals surface area contributed by atoms with Crippen LogP contribution in [0.2, 0.25) is 0 Å². The van der Waals surface area contributed by atoms with Crippen LogP contribution in [0.3, 0.4) is 0 Å². The van der Waals surface area contributed by atoms with Gasteiger partial charge in [0.05, 0.1) is 11.6 Å². The average molecular weight is 262 g/mol. The molecule has 5 heteroatoms. The van der Waals surface area contributed by atoms with E-state index in [-0.39, 0.29) is 17.4 Å². The highest BCUT2D eigenvalue weighted by molar-refractivity contribution is 5.88. The normalized spacial score (nSPS) is 15.5. The van der Waals surface area contributed by atoms with Crippen molar-refractivity contribution in [3.05, 3.63) is 34.9 Å². The van der Waals surface area contributed by atoms with E-state index in [4.69, 9.17) is 10.8 Å². The van der Waals surface area contributed by atoms with E-state index in [0.29, 0.717) is 13.1 Å². The van der Waals surface area contributed by atoms with Crippen molar-refractivity contribution in [3.63, 3.8) is 0 Å². The van der Waals surface area contributed by atoms with Crippen LogP contribution in [-0.4, -0.2) is 27.9 Å². The van der Waals surface area contributed by atoms with Gasteiger partial charge >= 0.3 is 5.97 Å². The number of amides is 1. The number of benzene rings is 1. The van der Waals surface area contributed by atoms with Crippen molar-refractivity contribution in [1.29, 1.82) is 0 Å². The number of carbonyl (C=O) groups is 2. The fourth-order valence-electron chi connectivity index (χ4n) is 2.18. The molecule has 3 N–H and O–H groups in total. The first-order valence-corrected chi connectivity index (χ1v) is 6.29. The van der Waals surface area contributed by atoms with Gasteiger partial charge in [-0.25, -0.2) is 4.79 Å². The molecule has 1 atom stereocenters. The van der Waals surface area contributed by atoms with Crippen LogP contribution in [0, 0.1) is 5.92 Å². The van der Waals surface area contributed by atoms with Crippen LogP contribution in [0.5, 0.6) is 0 Å². The van der Waals surface area contributed by atoms with E-state index in [0.717, 1.165) is 11.1 Å². The monoisotopic (exact) mass is 262 g/mol. The highest BCUT2D eigenvalue weighted by Crippen LogP contribution is 2.25. The minimum absolute atomic E-state index is 0.0805. The molecule has 0 spiro atoms. The summed E-state index contributed by atoms with van der Waals surface area (Å²) in [7, 11) is 0. The first-order chi connectivity index (χ1) is 8.90. The zero-order valence-electron chi connectivity index (χ0n) is 11.1. The molecule has 1 unspecified atom stereocenters. The number of hydrogen-bond acceptors (Lipinski definition) is 3. The molecule has 5 nitrogen and oxygen atoms in total. The second-order valence-corrected chi connectivity index (χ2v) is 5.25. The van der Waals surface area contributed by atoms with Crippen molar-refractivity contribution in [2.24, 2.45) is 11.7 Å². The third kappa shape index (κ3) is 2.61. The van der Waals surface area contributed by atoms with Crippen molar-refractivity contribution >= 4 is 11.9 Å². The first-order valence-electron chi connectivity index (χ1n) is 6.29. The van der Waals surface area contributed by atoms with Crippen LogP contribution in [0.25, 0.3) is 0 Å². The number of rotatable bonds is 3. The molecule has 102 valence electrons. The summed E-state index contributed by atoms with van der Waals surface area (Å²) in [5.74, 6) is -0.944. The van der Waals surface area contributed by atoms with Gasteiger partial charge < -0.3 is 15.7 Å². The van der Waals surface area contributed by atoms with Gasteiger partial charge in [-0.05, 0) is 29.2 Å². The Bertz CT molecular complexity index is 525. The lowest BCUT2D eigenvalue weighted by atomic mass is 10.0. The Morgan fingerprint density at radius 1 is 1.26 bits per heavy atom. The Hall–Kier alpha value is -1.88. The summed E-state index contributed by atoms with van der Waals surface area (Å²) in [6.45, 7) is 4.77. The summed E-state index contributed by atoms with van der Waals surface area (Å²) in [5.41, 5.74) is 8.01. The number of hydrogen-bond donors (Lipinski definition) is 2. The Labute approximate surface area is 112 Å². The SMILES string of the molecule is CC(C)C(N)C(=O)N1Cc2ccc(C(=O)O)cc2C1. The maximum absolute atomic E-state index is 12.2. The largest absolute Gasteiger partial charge is 0.478 e. The quantitative estimate of drug-likeness (QED) is 0.857. The predicted molar refractivity (Wildman–Crippen MR) is 70.5 cm³/mol. The first kappa shape index (κ1) is 13.5. The fourth-order valence-corrected chi connectivity index (χ4v) is 2.18. The molecule has 0 bridgehead atoms. The second kappa shape index (κ2) is 5.01. The van der Waals surface area contributed by atoms with Gasteiger partial charge in [0.15, 0.2) is 0 Å². The lowest BCUT2D eigenvalue weighted by Crippen LogP contribution is -2.44. The van der Waals surface area contributed by atoms with Crippen LogP contribution in [-0.2, 0) is 17.9 Å². The van der Waals surface area contributed by atoms with Crippen LogP contribution < -0.4 is 5.73 Å². The molecular weight excluding hydrogens is 244 g/mol. The number of nitrogens with two attached hydrogens (primary N) is 1. The van der Waals surface area contributed by atoms with Gasteiger partial charge in [0.25, 0.3) is 0 Å². The standard InChI is InChI=1S/C14H18N2O3/c1-8(2)12(15)13(17)16-6-10-4-3-9(14(18)19)5-11(10)7-16/h3-5,8,12H,6-7,15H2,1-2H3,(H,18,19). The molecule has 19 heavy (non-hydrogen) atoms. The summed E-state index contributed by atoms with van der Waals surface area (Å²) in [6.07, 6.45) is 0. The molecule has 0 saturated heterocycles. The molecule has 0 saturated carbocycles. The number of aromatic carboxylic acids is 1. The van der Waals surface area contributed by atoms with E-state index in [9.17, 15) is 9.59 Å². The van der Waals surface area contributed by atoms with Gasteiger partial charge in [-0.15, -0.1) is 0 Å². The van der Waals surface area contributed by atoms with E-state index >= 15 is 0 Å². The van der Waals surface area contributed by atoms with Crippen molar-refractivity contribution in [2.75, 3.05) is 0 Å². The number of carboxylic acids is 1. The highest BCUT2D eigenvalue weighted by atomic mass is 16.4. The Balaban J connectivity index is 2.16. The molecule has 0 fully saturated rings. The third-order valence-corrected chi connectivity index (χ3v) is 3.49. The summed E-state index contributed by atoms with van der Waals surface area (Å²) < 4.78 is 0. The Morgan fingerprint density at radius 2 is 1.89 bits per heavy atom. The van der Waals surface area contributed by atoms with Crippen LogP contribution >= 0.6 is 0 Å². The zero-order valence-corrected chi connectivity index (χ0v) is 11.1. The minimum atomic E-state index is -0.952. The topological polar surface area (TPSA) is 83.6 Å². The van der Waals surface area contributed by atoms with Crippen LogP contribution in [0.1, 0.15) is 35.3 Å². The molecule has 1 amide bonds. The summed E-state index contributed by atoms with van der Waals surface area (Å²) in [4.78, 5) is 24.8. The van der Waals surface area contributed by atoms with Gasteiger partial charge in [0, 0.05) is 13.1 Å². The maximum Gasteiger partial charge on any atom is 0.335 e. The van der Waals surface area contributed by atoms with E-state index < -0.39 is 12.0 Å². The lowest BCUT2D eigenvalue weighted by molar-refractivity contribution is -0.134. The molecule has 1 aromatic rings. The van der Waals surface area contributed by atoms with Gasteiger partial charge in [-0.2, -0.15) is 0 Å². The van der Waals surface area contributed by atoms with Gasteiger partial charge in [0.2, 0.25) is 5.91 Å². The van der Waals surface area contributed by atoms with E-state index in [1.165, 1.54) is 0 Å². The summed E-state index contributed by atoms with van der Waals surface area (Å²) >= 11 is 0. The van der Waals surface area contributed by atoms with Crippen molar-refractivity contribution in [3.8, 4) is 0 Å². The zero-order chi connectivity index (χ0) is 14.2.